The monoisotopic (exact) mass is 242 g/mol. The summed E-state index contributed by atoms with van der Waals surface area (Å²) in [4.78, 5) is 11.1. The highest BCUT2D eigenvalue weighted by Gasteiger charge is 2.23. The van der Waals surface area contributed by atoms with Crippen LogP contribution in [-0.2, 0) is 9.53 Å². The largest absolute Gasteiger partial charge is 0.489 e. The minimum Gasteiger partial charge on any atom is -0.489 e. The Hall–Kier alpha value is -1.03. The van der Waals surface area contributed by atoms with E-state index >= 15 is 0 Å². The molecule has 0 aromatic carbocycles. The lowest BCUT2D eigenvalue weighted by molar-refractivity contribution is -0.118. The molecule has 0 saturated carbocycles. The lowest BCUT2D eigenvalue weighted by Gasteiger charge is -2.16. The molecule has 1 aromatic heterocycles. The van der Waals surface area contributed by atoms with Gasteiger partial charge in [0.15, 0.2) is 17.6 Å². The van der Waals surface area contributed by atoms with E-state index in [2.05, 4.69) is 15.9 Å². The third kappa shape index (κ3) is 1.67. The topological polar surface area (TPSA) is 39.4 Å². The van der Waals surface area contributed by atoms with Gasteiger partial charge in [-0.2, -0.15) is 0 Å². The Labute approximate surface area is 83.5 Å². The number of hydrogen-bond acceptors (Lipinski definition) is 3. The molecule has 1 aromatic rings. The number of hydrogen-bond donors (Lipinski definition) is 0. The molecule has 13 heavy (non-hydrogen) atoms. The van der Waals surface area contributed by atoms with Gasteiger partial charge in [0.2, 0.25) is 0 Å². The molecule has 68 valence electrons. The maximum Gasteiger partial charge on any atom is 0.163 e. The molecule has 1 unspecified atom stereocenters. The first-order valence-electron chi connectivity index (χ1n) is 3.85. The zero-order chi connectivity index (χ0) is 9.26. The first-order chi connectivity index (χ1) is 6.27. The Morgan fingerprint density at radius 2 is 2.38 bits per heavy atom. The van der Waals surface area contributed by atoms with Gasteiger partial charge < -0.3 is 9.15 Å². The molecular weight excluding hydrogens is 236 g/mol. The van der Waals surface area contributed by atoms with Gasteiger partial charge in [-0.25, -0.2) is 0 Å². The molecule has 4 heteroatoms. The SMILES string of the molecule is O=C1C=COC(c2occc2Br)C1. The van der Waals surface area contributed by atoms with Crippen LogP contribution in [0.15, 0.2) is 33.6 Å². The highest BCUT2D eigenvalue weighted by Crippen LogP contribution is 2.31. The van der Waals surface area contributed by atoms with Crippen molar-refractivity contribution >= 4 is 21.7 Å². The van der Waals surface area contributed by atoms with Crippen LogP contribution in [0.4, 0.5) is 0 Å². The fraction of sp³-hybridized carbons (Fsp3) is 0.222. The van der Waals surface area contributed by atoms with Crippen LogP contribution in [0.3, 0.4) is 0 Å². The minimum absolute atomic E-state index is 0.0551. The average Bonchev–Trinajstić information content (AvgIpc) is 2.51. The second-order valence-electron chi connectivity index (χ2n) is 2.73. The van der Waals surface area contributed by atoms with Crippen molar-refractivity contribution in [1.82, 2.24) is 0 Å². The van der Waals surface area contributed by atoms with Crippen molar-refractivity contribution in [1.29, 1.82) is 0 Å². The summed E-state index contributed by atoms with van der Waals surface area (Å²) in [7, 11) is 0. The van der Waals surface area contributed by atoms with Gasteiger partial charge in [0, 0.05) is 6.08 Å². The third-order valence-electron chi connectivity index (χ3n) is 1.82. The Kier molecular flexibility index (Phi) is 2.22. The number of carbonyl (C=O) groups is 1. The van der Waals surface area contributed by atoms with Crippen LogP contribution < -0.4 is 0 Å². The highest BCUT2D eigenvalue weighted by molar-refractivity contribution is 9.10. The molecule has 3 nitrogen and oxygen atoms in total. The van der Waals surface area contributed by atoms with Crippen LogP contribution in [0.1, 0.15) is 18.3 Å². The molecule has 0 radical (unpaired) electrons. The minimum atomic E-state index is -0.290. The summed E-state index contributed by atoms with van der Waals surface area (Å²) in [5.74, 6) is 0.720. The van der Waals surface area contributed by atoms with Gasteiger partial charge in [0.05, 0.1) is 23.4 Å². The van der Waals surface area contributed by atoms with Crippen LogP contribution in [0.2, 0.25) is 0 Å². The summed E-state index contributed by atoms with van der Waals surface area (Å²) in [5.41, 5.74) is 0. The Morgan fingerprint density at radius 3 is 3.00 bits per heavy atom. The Morgan fingerprint density at radius 1 is 1.54 bits per heavy atom. The smallest absolute Gasteiger partial charge is 0.163 e. The van der Waals surface area contributed by atoms with Crippen molar-refractivity contribution in [2.75, 3.05) is 0 Å². The van der Waals surface area contributed by atoms with Crippen LogP contribution in [0.5, 0.6) is 0 Å². The molecule has 1 atom stereocenters. The summed E-state index contributed by atoms with van der Waals surface area (Å²) >= 11 is 3.31. The van der Waals surface area contributed by atoms with E-state index in [4.69, 9.17) is 9.15 Å². The molecule has 0 spiro atoms. The van der Waals surface area contributed by atoms with Gasteiger partial charge in [-0.3, -0.25) is 4.79 Å². The van der Waals surface area contributed by atoms with Crippen molar-refractivity contribution < 1.29 is 13.9 Å². The van der Waals surface area contributed by atoms with Gasteiger partial charge in [0.25, 0.3) is 0 Å². The summed E-state index contributed by atoms with van der Waals surface area (Å²) in [6.07, 6.45) is 4.44. The number of ketones is 1. The highest BCUT2D eigenvalue weighted by atomic mass is 79.9. The number of furan rings is 1. The lowest BCUT2D eigenvalue weighted by atomic mass is 10.1. The zero-order valence-electron chi connectivity index (χ0n) is 6.70. The number of rotatable bonds is 1. The quantitative estimate of drug-likeness (QED) is 0.760. The standard InChI is InChI=1S/C9H7BrO3/c10-7-2-4-13-9(7)8-5-6(11)1-3-12-8/h1-4,8H,5H2. The second-order valence-corrected chi connectivity index (χ2v) is 3.59. The van der Waals surface area contributed by atoms with E-state index < -0.39 is 0 Å². The summed E-state index contributed by atoms with van der Waals surface area (Å²) in [5, 5.41) is 0. The van der Waals surface area contributed by atoms with Crippen LogP contribution in [0, 0.1) is 0 Å². The molecular formula is C9H7BrO3. The van der Waals surface area contributed by atoms with Gasteiger partial charge in [-0.1, -0.05) is 0 Å². The van der Waals surface area contributed by atoms with E-state index in [1.165, 1.54) is 12.3 Å². The number of carbonyl (C=O) groups excluding carboxylic acids is 1. The van der Waals surface area contributed by atoms with Crippen molar-refractivity contribution in [3.05, 3.63) is 34.9 Å². The van der Waals surface area contributed by atoms with E-state index in [0.29, 0.717) is 12.2 Å². The van der Waals surface area contributed by atoms with Gasteiger partial charge in [0.1, 0.15) is 0 Å². The molecule has 0 saturated heterocycles. The molecule has 0 bridgehead atoms. The van der Waals surface area contributed by atoms with Gasteiger partial charge in [-0.15, -0.1) is 0 Å². The van der Waals surface area contributed by atoms with E-state index in [-0.39, 0.29) is 11.9 Å². The van der Waals surface area contributed by atoms with Crippen LogP contribution in [-0.4, -0.2) is 5.78 Å². The molecule has 1 aliphatic rings. The van der Waals surface area contributed by atoms with Gasteiger partial charge >= 0.3 is 0 Å². The lowest BCUT2D eigenvalue weighted by Crippen LogP contribution is -2.10. The maximum absolute atomic E-state index is 11.1. The molecule has 0 aliphatic carbocycles. The molecule has 0 amide bonds. The summed E-state index contributed by atoms with van der Waals surface area (Å²) in [6.45, 7) is 0. The summed E-state index contributed by atoms with van der Waals surface area (Å²) in [6, 6.07) is 1.78. The van der Waals surface area contributed by atoms with Crippen molar-refractivity contribution in [3.8, 4) is 0 Å². The normalized spacial score (nSPS) is 21.6. The third-order valence-corrected chi connectivity index (χ3v) is 2.48. The fourth-order valence-electron chi connectivity index (χ4n) is 1.20. The van der Waals surface area contributed by atoms with Crippen LogP contribution in [0.25, 0.3) is 0 Å². The summed E-state index contributed by atoms with van der Waals surface area (Å²) < 4.78 is 11.3. The first-order valence-corrected chi connectivity index (χ1v) is 4.64. The van der Waals surface area contributed by atoms with E-state index in [0.717, 1.165) is 4.47 Å². The molecule has 2 rings (SSSR count). The molecule has 2 heterocycles. The maximum atomic E-state index is 11.1. The Bertz CT molecular complexity index is 353. The van der Waals surface area contributed by atoms with E-state index in [1.54, 1.807) is 12.3 Å². The van der Waals surface area contributed by atoms with Gasteiger partial charge in [-0.05, 0) is 22.0 Å². The zero-order valence-corrected chi connectivity index (χ0v) is 8.28. The second kappa shape index (κ2) is 3.38. The van der Waals surface area contributed by atoms with Crippen molar-refractivity contribution in [2.45, 2.75) is 12.5 Å². The average molecular weight is 243 g/mol. The van der Waals surface area contributed by atoms with Crippen molar-refractivity contribution in [2.24, 2.45) is 0 Å². The van der Waals surface area contributed by atoms with Crippen LogP contribution >= 0.6 is 15.9 Å². The number of ether oxygens (including phenoxy) is 1. The molecule has 0 N–H and O–H groups in total. The number of allylic oxidation sites excluding steroid dienone is 1. The van der Waals surface area contributed by atoms with Crippen molar-refractivity contribution in [3.63, 3.8) is 0 Å². The Balaban J connectivity index is 2.23. The first kappa shape index (κ1) is 8.56. The molecule has 1 aliphatic heterocycles. The number of halogens is 1. The van der Waals surface area contributed by atoms with E-state index in [9.17, 15) is 4.79 Å². The predicted molar refractivity (Wildman–Crippen MR) is 49.0 cm³/mol. The fourth-order valence-corrected chi connectivity index (χ4v) is 1.66. The van der Waals surface area contributed by atoms with E-state index in [1.807, 2.05) is 0 Å². The molecule has 0 fully saturated rings. The predicted octanol–water partition coefficient (Wildman–Crippen LogP) is 2.59.